The van der Waals surface area contributed by atoms with Crippen LogP contribution in [0.3, 0.4) is 0 Å². The summed E-state index contributed by atoms with van der Waals surface area (Å²) in [5.41, 5.74) is 24.8. The number of hydrogen-bond acceptors (Lipinski definition) is 1. The highest BCUT2D eigenvalue weighted by molar-refractivity contribution is 6.90. The lowest BCUT2D eigenvalue weighted by Crippen LogP contribution is -2.56. The van der Waals surface area contributed by atoms with Crippen LogP contribution in [0.2, 0.25) is 0 Å². The van der Waals surface area contributed by atoms with Gasteiger partial charge in [-0.3, -0.25) is 0 Å². The Morgan fingerprint density at radius 3 is 1.71 bits per heavy atom. The van der Waals surface area contributed by atoms with Crippen molar-refractivity contribution in [3.8, 4) is 33.4 Å². The van der Waals surface area contributed by atoms with E-state index in [0.29, 0.717) is 0 Å². The first-order valence-electron chi connectivity index (χ1n) is 24.5. The number of anilines is 3. The van der Waals surface area contributed by atoms with Crippen molar-refractivity contribution in [2.75, 3.05) is 4.90 Å². The van der Waals surface area contributed by atoms with E-state index in [9.17, 15) is 0 Å². The molecule has 0 N–H and O–H groups in total. The van der Waals surface area contributed by atoms with E-state index in [2.05, 4.69) is 217 Å². The molecule has 2 aliphatic carbocycles. The molecule has 0 saturated carbocycles. The SMILES string of the molecule is Cc1cc2c3c(c1)N(c1ccc(-c4ccc5c(c4)C(C)(C)CCC5(C)C)cc1)c1ccc(-c4ccc5c(c4)C(C)(C)CCC5(C)C)cc1B3n1c3ccc4ccccc4c3c3cccc-2c31. The van der Waals surface area contributed by atoms with Crippen LogP contribution in [0.5, 0.6) is 0 Å². The maximum absolute atomic E-state index is 2.72. The summed E-state index contributed by atoms with van der Waals surface area (Å²) in [6, 6.07) is 57.1. The first kappa shape index (κ1) is 40.0. The Bertz CT molecular complexity index is 3560. The monoisotopic (exact) mass is 854 g/mol. The van der Waals surface area contributed by atoms with Crippen LogP contribution in [0, 0.1) is 6.92 Å². The molecule has 8 aromatic carbocycles. The van der Waals surface area contributed by atoms with Gasteiger partial charge in [0.1, 0.15) is 0 Å². The summed E-state index contributed by atoms with van der Waals surface area (Å²) in [6.45, 7) is 21.7. The maximum atomic E-state index is 2.72. The van der Waals surface area contributed by atoms with Gasteiger partial charge >= 0.3 is 6.85 Å². The first-order valence-corrected chi connectivity index (χ1v) is 24.5. The zero-order valence-corrected chi connectivity index (χ0v) is 40.2. The summed E-state index contributed by atoms with van der Waals surface area (Å²) < 4.78 is 2.72. The number of fused-ring (bicyclic) bond motifs is 11. The minimum absolute atomic E-state index is 0.0202. The molecule has 0 fully saturated rings. The third-order valence-corrected chi connectivity index (χ3v) is 17.1. The fourth-order valence-electron chi connectivity index (χ4n) is 13.2. The van der Waals surface area contributed by atoms with Gasteiger partial charge < -0.3 is 9.38 Å². The maximum Gasteiger partial charge on any atom is 0.333 e. The zero-order chi connectivity index (χ0) is 45.2. The predicted octanol–water partition coefficient (Wildman–Crippen LogP) is 15.7. The summed E-state index contributed by atoms with van der Waals surface area (Å²) >= 11 is 0. The fraction of sp³-hybridized carbons (Fsp3) is 0.270. The lowest BCUT2D eigenvalue weighted by molar-refractivity contribution is 0.332. The molecule has 1 aromatic heterocycles. The molecular formula is C63H59BN2. The van der Waals surface area contributed by atoms with Gasteiger partial charge in [0.2, 0.25) is 0 Å². The van der Waals surface area contributed by atoms with Gasteiger partial charge in [0.25, 0.3) is 0 Å². The van der Waals surface area contributed by atoms with Crippen LogP contribution >= 0.6 is 0 Å². The number of hydrogen-bond donors (Lipinski definition) is 0. The molecule has 2 nitrogen and oxygen atoms in total. The van der Waals surface area contributed by atoms with E-state index in [1.165, 1.54) is 147 Å². The molecule has 0 saturated heterocycles. The molecule has 0 radical (unpaired) electrons. The minimum atomic E-state index is -0.0202. The first-order chi connectivity index (χ1) is 31.6. The van der Waals surface area contributed by atoms with Gasteiger partial charge in [-0.15, -0.1) is 0 Å². The van der Waals surface area contributed by atoms with E-state index in [4.69, 9.17) is 0 Å². The zero-order valence-electron chi connectivity index (χ0n) is 40.2. The Balaban J connectivity index is 1.04. The molecule has 0 bridgehead atoms. The van der Waals surface area contributed by atoms with E-state index in [1.807, 2.05) is 0 Å². The number of aryl methyl sites for hydroxylation is 1. The molecule has 4 aliphatic rings. The third kappa shape index (κ3) is 5.55. The third-order valence-electron chi connectivity index (χ3n) is 17.1. The largest absolute Gasteiger partial charge is 0.375 e. The fourth-order valence-corrected chi connectivity index (χ4v) is 13.2. The number of rotatable bonds is 3. The smallest absolute Gasteiger partial charge is 0.333 e. The van der Waals surface area contributed by atoms with Crippen molar-refractivity contribution in [1.29, 1.82) is 0 Å². The predicted molar refractivity (Wildman–Crippen MR) is 284 cm³/mol. The van der Waals surface area contributed by atoms with E-state index >= 15 is 0 Å². The van der Waals surface area contributed by atoms with Gasteiger partial charge in [0.05, 0.1) is 0 Å². The number of aromatic nitrogens is 1. The van der Waals surface area contributed by atoms with Crippen molar-refractivity contribution >= 4 is 67.4 Å². The normalized spacial score (nSPS) is 18.0. The number of benzene rings is 8. The molecule has 3 heteroatoms. The summed E-state index contributed by atoms with van der Waals surface area (Å²) in [5, 5.41) is 5.28. The molecule has 0 amide bonds. The Kier molecular flexibility index (Phi) is 8.13. The molecule has 324 valence electrons. The van der Waals surface area contributed by atoms with Crippen molar-refractivity contribution in [3.63, 3.8) is 0 Å². The molecule has 0 unspecified atom stereocenters. The number of para-hydroxylation sites is 1. The highest BCUT2D eigenvalue weighted by Gasteiger charge is 2.44. The number of nitrogens with zero attached hydrogens (tertiary/aromatic N) is 2. The lowest BCUT2D eigenvalue weighted by atomic mass is 9.45. The van der Waals surface area contributed by atoms with E-state index in [1.54, 1.807) is 0 Å². The molecule has 0 spiro atoms. The molecule has 0 atom stereocenters. The van der Waals surface area contributed by atoms with Crippen LogP contribution in [0.15, 0.2) is 146 Å². The van der Waals surface area contributed by atoms with Crippen molar-refractivity contribution in [2.45, 2.75) is 110 Å². The van der Waals surface area contributed by atoms with Gasteiger partial charge in [-0.25, -0.2) is 0 Å². The lowest BCUT2D eigenvalue weighted by Gasteiger charge is -2.42. The summed E-state index contributed by atoms with van der Waals surface area (Å²) in [5.74, 6) is 0. The van der Waals surface area contributed by atoms with Crippen molar-refractivity contribution in [3.05, 3.63) is 173 Å². The Hall–Kier alpha value is -6.32. The molecule has 9 aromatic rings. The minimum Gasteiger partial charge on any atom is -0.375 e. The second-order valence-electron chi connectivity index (χ2n) is 23.1. The van der Waals surface area contributed by atoms with Crippen LogP contribution in [-0.4, -0.2) is 11.3 Å². The van der Waals surface area contributed by atoms with Crippen molar-refractivity contribution < 1.29 is 0 Å². The summed E-state index contributed by atoms with van der Waals surface area (Å²) in [7, 11) is 0. The molecule has 13 rings (SSSR count). The molecule has 3 heterocycles. The van der Waals surface area contributed by atoms with Crippen LogP contribution in [-0.2, 0) is 21.7 Å². The van der Waals surface area contributed by atoms with Crippen LogP contribution in [0.25, 0.3) is 66.0 Å². The van der Waals surface area contributed by atoms with Crippen LogP contribution in [0.4, 0.5) is 17.1 Å². The second-order valence-corrected chi connectivity index (χ2v) is 23.1. The highest BCUT2D eigenvalue weighted by Crippen LogP contribution is 2.51. The van der Waals surface area contributed by atoms with Gasteiger partial charge in [-0.2, -0.15) is 0 Å². The van der Waals surface area contributed by atoms with Crippen molar-refractivity contribution in [2.24, 2.45) is 0 Å². The molecule has 66 heavy (non-hydrogen) atoms. The average molecular weight is 855 g/mol. The summed E-state index contributed by atoms with van der Waals surface area (Å²) in [4.78, 5) is 2.58. The Morgan fingerprint density at radius 2 is 1.03 bits per heavy atom. The van der Waals surface area contributed by atoms with Gasteiger partial charge in [-0.1, -0.05) is 171 Å². The van der Waals surface area contributed by atoms with Gasteiger partial charge in [-0.05, 0) is 162 Å². The van der Waals surface area contributed by atoms with Crippen LogP contribution in [0.1, 0.15) is 109 Å². The Morgan fingerprint density at radius 1 is 0.455 bits per heavy atom. The topological polar surface area (TPSA) is 8.17 Å². The Labute approximate surface area is 391 Å². The van der Waals surface area contributed by atoms with Crippen LogP contribution < -0.4 is 15.8 Å². The highest BCUT2D eigenvalue weighted by atomic mass is 15.2. The summed E-state index contributed by atoms with van der Waals surface area (Å²) in [6.07, 6.45) is 4.84. The molecular weight excluding hydrogens is 796 g/mol. The van der Waals surface area contributed by atoms with Crippen molar-refractivity contribution in [1.82, 2.24) is 4.48 Å². The average Bonchev–Trinajstić information content (AvgIpc) is 3.66. The quantitative estimate of drug-likeness (QED) is 0.161. The standard InChI is InChI=1S/C63H59BN2/c1-38-33-48-46-15-12-16-47-57-45-14-11-10-13-40(45)21-28-55(57)66(59(46)47)64-53-37-43(42-20-26-50-52(36-42)63(8,9)32-30-61(50,4)5)22-27-54(53)65(56(34-38)58(48)64)44-23-17-39(18-24-44)41-19-25-49-51(35-41)62(6,7)31-29-60(49,2)3/h10-28,33-37H,29-32H2,1-9H3. The van der Waals surface area contributed by atoms with E-state index < -0.39 is 0 Å². The van der Waals surface area contributed by atoms with E-state index in [-0.39, 0.29) is 28.5 Å². The second kappa shape index (κ2) is 13.4. The van der Waals surface area contributed by atoms with Gasteiger partial charge in [0, 0.05) is 44.4 Å². The van der Waals surface area contributed by atoms with Gasteiger partial charge in [0.15, 0.2) is 0 Å². The van der Waals surface area contributed by atoms with E-state index in [0.717, 1.165) is 0 Å². The molecule has 2 aliphatic heterocycles.